The van der Waals surface area contributed by atoms with Crippen molar-refractivity contribution < 1.29 is 4.79 Å². The molecule has 0 saturated carbocycles. The largest absolute Gasteiger partial charge is 0.338 e. The van der Waals surface area contributed by atoms with Gasteiger partial charge < -0.3 is 10.6 Å². The lowest BCUT2D eigenvalue weighted by molar-refractivity contribution is -0.133. The fourth-order valence-corrected chi connectivity index (χ4v) is 1.81. The van der Waals surface area contributed by atoms with E-state index in [0.29, 0.717) is 13.0 Å². The van der Waals surface area contributed by atoms with E-state index < -0.39 is 0 Å². The van der Waals surface area contributed by atoms with Crippen LogP contribution in [-0.4, -0.2) is 29.9 Å². The van der Waals surface area contributed by atoms with Gasteiger partial charge in [0, 0.05) is 25.6 Å². The lowest BCUT2D eigenvalue weighted by Crippen LogP contribution is -2.47. The van der Waals surface area contributed by atoms with Crippen molar-refractivity contribution in [3.63, 3.8) is 0 Å². The van der Waals surface area contributed by atoms with Gasteiger partial charge in [0.25, 0.3) is 0 Å². The number of piperidine rings is 1. The minimum absolute atomic E-state index is 0.171. The van der Waals surface area contributed by atoms with Gasteiger partial charge >= 0.3 is 0 Å². The number of rotatable bonds is 3. The van der Waals surface area contributed by atoms with Gasteiger partial charge in [0.15, 0.2) is 0 Å². The molecule has 0 aliphatic carbocycles. The van der Waals surface area contributed by atoms with Gasteiger partial charge in [-0.15, -0.1) is 6.58 Å². The molecule has 0 aromatic carbocycles. The Hall–Kier alpha value is -0.830. The average molecular weight is 182 g/mol. The van der Waals surface area contributed by atoms with Crippen LogP contribution in [0.5, 0.6) is 0 Å². The van der Waals surface area contributed by atoms with Crippen LogP contribution in [0.4, 0.5) is 0 Å². The van der Waals surface area contributed by atoms with Crippen molar-refractivity contribution in [2.24, 2.45) is 5.73 Å². The molecule has 3 heteroatoms. The van der Waals surface area contributed by atoms with E-state index in [0.717, 1.165) is 19.4 Å². The second-order valence-electron chi connectivity index (χ2n) is 3.47. The highest BCUT2D eigenvalue weighted by atomic mass is 16.2. The summed E-state index contributed by atoms with van der Waals surface area (Å²) in [6.45, 7) is 5.02. The maximum atomic E-state index is 11.6. The molecule has 1 aliphatic heterocycles. The molecular formula is C10H18N2O. The van der Waals surface area contributed by atoms with Crippen LogP contribution in [0.1, 0.15) is 25.7 Å². The minimum Gasteiger partial charge on any atom is -0.338 e. The summed E-state index contributed by atoms with van der Waals surface area (Å²) in [4.78, 5) is 13.5. The standard InChI is InChI=1S/C10H18N2O/c1-2-5-10(13)12-7-4-3-6-9(12)8-11/h2,9H,1,3-8,11H2. The summed E-state index contributed by atoms with van der Waals surface area (Å²) < 4.78 is 0. The van der Waals surface area contributed by atoms with Crippen LogP contribution < -0.4 is 5.73 Å². The Morgan fingerprint density at radius 3 is 3.00 bits per heavy atom. The molecule has 1 atom stereocenters. The molecule has 0 radical (unpaired) electrons. The number of hydrogen-bond acceptors (Lipinski definition) is 2. The molecule has 0 spiro atoms. The number of likely N-dealkylation sites (tertiary alicyclic amines) is 1. The van der Waals surface area contributed by atoms with Gasteiger partial charge in [-0.25, -0.2) is 0 Å². The van der Waals surface area contributed by atoms with Crippen LogP contribution in [0.25, 0.3) is 0 Å². The van der Waals surface area contributed by atoms with Crippen molar-refractivity contribution in [3.05, 3.63) is 12.7 Å². The zero-order valence-electron chi connectivity index (χ0n) is 8.04. The molecule has 1 fully saturated rings. The molecule has 2 N–H and O–H groups in total. The van der Waals surface area contributed by atoms with Gasteiger partial charge in [0.05, 0.1) is 0 Å². The SMILES string of the molecule is C=CCC(=O)N1CCCCC1CN. The third-order valence-corrected chi connectivity index (χ3v) is 2.54. The molecule has 1 aliphatic rings. The number of nitrogens with zero attached hydrogens (tertiary/aromatic N) is 1. The van der Waals surface area contributed by atoms with Crippen LogP contribution in [0.15, 0.2) is 12.7 Å². The summed E-state index contributed by atoms with van der Waals surface area (Å²) >= 11 is 0. The predicted molar refractivity (Wildman–Crippen MR) is 53.2 cm³/mol. The molecular weight excluding hydrogens is 164 g/mol. The van der Waals surface area contributed by atoms with Crippen molar-refractivity contribution in [2.45, 2.75) is 31.7 Å². The normalized spacial score (nSPS) is 22.8. The molecule has 1 amide bonds. The number of carbonyl (C=O) groups is 1. The van der Waals surface area contributed by atoms with Gasteiger partial charge in [0.2, 0.25) is 5.91 Å². The maximum Gasteiger partial charge on any atom is 0.226 e. The summed E-state index contributed by atoms with van der Waals surface area (Å²) in [5, 5.41) is 0. The van der Waals surface area contributed by atoms with E-state index in [2.05, 4.69) is 6.58 Å². The van der Waals surface area contributed by atoms with Crippen molar-refractivity contribution in [1.82, 2.24) is 4.90 Å². The van der Waals surface area contributed by atoms with Gasteiger partial charge in [0.1, 0.15) is 0 Å². The molecule has 1 rings (SSSR count). The number of amides is 1. The third kappa shape index (κ3) is 2.56. The van der Waals surface area contributed by atoms with Crippen LogP contribution in [0, 0.1) is 0 Å². The van der Waals surface area contributed by atoms with Gasteiger partial charge in [-0.3, -0.25) is 4.79 Å². The van der Waals surface area contributed by atoms with Crippen molar-refractivity contribution >= 4 is 5.91 Å². The molecule has 74 valence electrons. The fourth-order valence-electron chi connectivity index (χ4n) is 1.81. The van der Waals surface area contributed by atoms with E-state index in [1.807, 2.05) is 4.90 Å². The van der Waals surface area contributed by atoms with Crippen LogP contribution in [0.2, 0.25) is 0 Å². The van der Waals surface area contributed by atoms with Crippen LogP contribution in [0.3, 0.4) is 0 Å². The van der Waals surface area contributed by atoms with E-state index in [1.165, 1.54) is 6.42 Å². The molecule has 13 heavy (non-hydrogen) atoms. The average Bonchev–Trinajstić information content (AvgIpc) is 2.18. The summed E-state index contributed by atoms with van der Waals surface area (Å²) in [7, 11) is 0. The second kappa shape index (κ2) is 5.02. The van der Waals surface area contributed by atoms with Crippen molar-refractivity contribution in [1.29, 1.82) is 0 Å². The Kier molecular flexibility index (Phi) is 3.96. The maximum absolute atomic E-state index is 11.6. The first-order valence-electron chi connectivity index (χ1n) is 4.90. The van der Waals surface area contributed by atoms with Crippen LogP contribution in [-0.2, 0) is 4.79 Å². The molecule has 0 aromatic heterocycles. The smallest absolute Gasteiger partial charge is 0.226 e. The van der Waals surface area contributed by atoms with E-state index in [-0.39, 0.29) is 11.9 Å². The molecule has 0 bridgehead atoms. The fraction of sp³-hybridized carbons (Fsp3) is 0.700. The first kappa shape index (κ1) is 10.3. The van der Waals surface area contributed by atoms with E-state index in [9.17, 15) is 4.79 Å². The number of hydrogen-bond donors (Lipinski definition) is 1. The number of carbonyl (C=O) groups excluding carboxylic acids is 1. The molecule has 1 saturated heterocycles. The monoisotopic (exact) mass is 182 g/mol. The Labute approximate surface area is 79.6 Å². The summed E-state index contributed by atoms with van der Waals surface area (Å²) in [6.07, 6.45) is 5.46. The zero-order valence-corrected chi connectivity index (χ0v) is 8.04. The third-order valence-electron chi connectivity index (χ3n) is 2.54. The Bertz CT molecular complexity index is 191. The highest BCUT2D eigenvalue weighted by Crippen LogP contribution is 2.16. The predicted octanol–water partition coefficient (Wildman–Crippen LogP) is 0.902. The van der Waals surface area contributed by atoms with E-state index in [1.54, 1.807) is 6.08 Å². The summed E-state index contributed by atoms with van der Waals surface area (Å²) in [5.41, 5.74) is 5.61. The second-order valence-corrected chi connectivity index (χ2v) is 3.47. The highest BCUT2D eigenvalue weighted by molar-refractivity contribution is 5.78. The van der Waals surface area contributed by atoms with Crippen LogP contribution >= 0.6 is 0 Å². The van der Waals surface area contributed by atoms with Gasteiger partial charge in [-0.05, 0) is 19.3 Å². The van der Waals surface area contributed by atoms with Gasteiger partial charge in [-0.2, -0.15) is 0 Å². The van der Waals surface area contributed by atoms with E-state index in [4.69, 9.17) is 5.73 Å². The first-order valence-corrected chi connectivity index (χ1v) is 4.90. The van der Waals surface area contributed by atoms with Crippen molar-refractivity contribution in [2.75, 3.05) is 13.1 Å². The number of nitrogens with two attached hydrogens (primary N) is 1. The summed E-state index contributed by atoms with van der Waals surface area (Å²) in [6, 6.07) is 0.265. The van der Waals surface area contributed by atoms with Gasteiger partial charge in [-0.1, -0.05) is 6.08 Å². The Balaban J connectivity index is 2.52. The quantitative estimate of drug-likeness (QED) is 0.659. The summed E-state index contributed by atoms with van der Waals surface area (Å²) in [5.74, 6) is 0.171. The highest BCUT2D eigenvalue weighted by Gasteiger charge is 2.24. The minimum atomic E-state index is 0.171. The lowest BCUT2D eigenvalue weighted by Gasteiger charge is -2.34. The van der Waals surface area contributed by atoms with E-state index >= 15 is 0 Å². The zero-order chi connectivity index (χ0) is 9.68. The Morgan fingerprint density at radius 2 is 2.38 bits per heavy atom. The molecule has 0 aromatic rings. The lowest BCUT2D eigenvalue weighted by atomic mass is 10.0. The molecule has 1 unspecified atom stereocenters. The first-order chi connectivity index (χ1) is 6.29. The molecule has 1 heterocycles. The topological polar surface area (TPSA) is 46.3 Å². The Morgan fingerprint density at radius 1 is 1.62 bits per heavy atom. The van der Waals surface area contributed by atoms with Crippen molar-refractivity contribution in [3.8, 4) is 0 Å². The molecule has 3 nitrogen and oxygen atoms in total.